The number of amides is 2. The molecule has 0 saturated carbocycles. The van der Waals surface area contributed by atoms with Crippen LogP contribution in [0.2, 0.25) is 0 Å². The SMILES string of the molecule is NC(=O)CNC(=O)OCC(N)Cc1ccc(F)cc1. The zero-order valence-electron chi connectivity index (χ0n) is 10.3. The summed E-state index contributed by atoms with van der Waals surface area (Å²) in [6.45, 7) is -0.298. The molecule has 6 nitrogen and oxygen atoms in total. The molecular formula is C12H16FN3O3. The first kappa shape index (κ1) is 14.9. The summed E-state index contributed by atoms with van der Waals surface area (Å²) in [5.74, 6) is -0.980. The van der Waals surface area contributed by atoms with Crippen molar-refractivity contribution < 1.29 is 18.7 Å². The summed E-state index contributed by atoms with van der Waals surface area (Å²) in [5.41, 5.74) is 11.4. The minimum absolute atomic E-state index is 0.0119. The molecule has 2 amide bonds. The van der Waals surface area contributed by atoms with Crippen LogP contribution in [0.3, 0.4) is 0 Å². The van der Waals surface area contributed by atoms with E-state index in [4.69, 9.17) is 16.2 Å². The molecule has 1 rings (SSSR count). The lowest BCUT2D eigenvalue weighted by Crippen LogP contribution is -2.37. The number of alkyl carbamates (subject to hydrolysis) is 1. The maximum absolute atomic E-state index is 12.7. The minimum Gasteiger partial charge on any atom is -0.448 e. The summed E-state index contributed by atoms with van der Waals surface area (Å²) >= 11 is 0. The Kier molecular flexibility index (Phi) is 5.74. The lowest BCUT2D eigenvalue weighted by molar-refractivity contribution is -0.117. The highest BCUT2D eigenvalue weighted by Gasteiger charge is 2.09. The van der Waals surface area contributed by atoms with E-state index in [1.54, 1.807) is 12.1 Å². The topological polar surface area (TPSA) is 107 Å². The van der Waals surface area contributed by atoms with Crippen molar-refractivity contribution in [3.63, 3.8) is 0 Å². The molecule has 0 aliphatic heterocycles. The summed E-state index contributed by atoms with van der Waals surface area (Å²) in [7, 11) is 0. The van der Waals surface area contributed by atoms with Gasteiger partial charge in [0.15, 0.2) is 0 Å². The number of nitrogens with one attached hydrogen (secondary N) is 1. The van der Waals surface area contributed by atoms with Crippen molar-refractivity contribution >= 4 is 12.0 Å². The number of rotatable bonds is 6. The molecule has 0 heterocycles. The summed E-state index contributed by atoms with van der Waals surface area (Å²) in [4.78, 5) is 21.5. The predicted octanol–water partition coefficient (Wildman–Crippen LogP) is -0.0930. The maximum atomic E-state index is 12.7. The largest absolute Gasteiger partial charge is 0.448 e. The third-order valence-corrected chi connectivity index (χ3v) is 2.25. The van der Waals surface area contributed by atoms with E-state index in [-0.39, 0.29) is 19.0 Å². The molecule has 7 heteroatoms. The van der Waals surface area contributed by atoms with Crippen LogP contribution < -0.4 is 16.8 Å². The molecule has 1 unspecified atom stereocenters. The lowest BCUT2D eigenvalue weighted by Gasteiger charge is -2.12. The normalized spacial score (nSPS) is 11.7. The van der Waals surface area contributed by atoms with E-state index >= 15 is 0 Å². The third-order valence-electron chi connectivity index (χ3n) is 2.25. The van der Waals surface area contributed by atoms with Gasteiger partial charge < -0.3 is 21.5 Å². The van der Waals surface area contributed by atoms with E-state index < -0.39 is 18.0 Å². The lowest BCUT2D eigenvalue weighted by atomic mass is 10.1. The van der Waals surface area contributed by atoms with Crippen LogP contribution in [0.15, 0.2) is 24.3 Å². The number of ether oxygens (including phenoxy) is 1. The highest BCUT2D eigenvalue weighted by atomic mass is 19.1. The van der Waals surface area contributed by atoms with Crippen LogP contribution in [0, 0.1) is 5.82 Å². The van der Waals surface area contributed by atoms with Gasteiger partial charge in [-0.25, -0.2) is 9.18 Å². The van der Waals surface area contributed by atoms with E-state index in [0.717, 1.165) is 5.56 Å². The van der Waals surface area contributed by atoms with Crippen molar-refractivity contribution in [2.24, 2.45) is 11.5 Å². The molecule has 19 heavy (non-hydrogen) atoms. The number of carbonyl (C=O) groups is 2. The molecule has 104 valence electrons. The second kappa shape index (κ2) is 7.32. The van der Waals surface area contributed by atoms with E-state index in [9.17, 15) is 14.0 Å². The van der Waals surface area contributed by atoms with Crippen LogP contribution in [-0.4, -0.2) is 31.2 Å². The van der Waals surface area contributed by atoms with E-state index in [2.05, 4.69) is 5.32 Å². The smallest absolute Gasteiger partial charge is 0.407 e. The zero-order chi connectivity index (χ0) is 14.3. The third kappa shape index (κ3) is 6.37. The van der Waals surface area contributed by atoms with Gasteiger partial charge in [-0.05, 0) is 24.1 Å². The molecule has 0 fully saturated rings. The fourth-order valence-electron chi connectivity index (χ4n) is 1.38. The monoisotopic (exact) mass is 269 g/mol. The number of hydrogen-bond acceptors (Lipinski definition) is 4. The number of hydrogen-bond donors (Lipinski definition) is 3. The van der Waals surface area contributed by atoms with Crippen molar-refractivity contribution in [1.29, 1.82) is 0 Å². The van der Waals surface area contributed by atoms with Gasteiger partial charge in [-0.1, -0.05) is 12.1 Å². The predicted molar refractivity (Wildman–Crippen MR) is 66.6 cm³/mol. The van der Waals surface area contributed by atoms with Gasteiger partial charge in [-0.3, -0.25) is 4.79 Å². The standard InChI is InChI=1S/C12H16FN3O3/c13-9-3-1-8(2-4-9)5-10(14)7-19-12(18)16-6-11(15)17/h1-4,10H,5-7,14H2,(H2,15,17)(H,16,18). The molecular weight excluding hydrogens is 253 g/mol. The first-order valence-corrected chi connectivity index (χ1v) is 5.66. The molecule has 1 atom stereocenters. The van der Waals surface area contributed by atoms with Crippen LogP contribution in [0.1, 0.15) is 5.56 Å². The summed E-state index contributed by atoms with van der Waals surface area (Å²) in [6.07, 6.45) is -0.308. The van der Waals surface area contributed by atoms with E-state index in [0.29, 0.717) is 6.42 Å². The van der Waals surface area contributed by atoms with E-state index in [1.165, 1.54) is 12.1 Å². The summed E-state index contributed by atoms with van der Waals surface area (Å²) in [5, 5.41) is 2.17. The van der Waals surface area contributed by atoms with Crippen LogP contribution in [0.5, 0.6) is 0 Å². The first-order valence-electron chi connectivity index (χ1n) is 5.66. The van der Waals surface area contributed by atoms with Gasteiger partial charge in [0.05, 0.1) is 6.54 Å². The zero-order valence-corrected chi connectivity index (χ0v) is 10.3. The van der Waals surface area contributed by atoms with Crippen LogP contribution in [-0.2, 0) is 16.0 Å². The second-order valence-corrected chi connectivity index (χ2v) is 4.01. The first-order chi connectivity index (χ1) is 8.97. The molecule has 0 aromatic heterocycles. The molecule has 5 N–H and O–H groups in total. The average Bonchev–Trinajstić information content (AvgIpc) is 2.36. The van der Waals surface area contributed by atoms with Crippen LogP contribution in [0.4, 0.5) is 9.18 Å². The van der Waals surface area contributed by atoms with Crippen molar-refractivity contribution in [2.45, 2.75) is 12.5 Å². The number of carbonyl (C=O) groups excluding carboxylic acids is 2. The Morgan fingerprint density at radius 2 is 1.95 bits per heavy atom. The number of nitrogens with two attached hydrogens (primary N) is 2. The molecule has 1 aromatic rings. The second-order valence-electron chi connectivity index (χ2n) is 4.01. The maximum Gasteiger partial charge on any atom is 0.407 e. The summed E-state index contributed by atoms with van der Waals surface area (Å²) < 4.78 is 17.5. The van der Waals surface area contributed by atoms with Gasteiger partial charge in [0.2, 0.25) is 5.91 Å². The minimum atomic E-state index is -0.756. The quantitative estimate of drug-likeness (QED) is 0.670. The van der Waals surface area contributed by atoms with E-state index in [1.807, 2.05) is 0 Å². The Morgan fingerprint density at radius 1 is 1.32 bits per heavy atom. The Labute approximate surface area is 109 Å². The van der Waals surface area contributed by atoms with Gasteiger partial charge in [0.25, 0.3) is 0 Å². The van der Waals surface area contributed by atoms with Gasteiger partial charge in [-0.15, -0.1) is 0 Å². The highest BCUT2D eigenvalue weighted by molar-refractivity contribution is 5.80. The van der Waals surface area contributed by atoms with Gasteiger partial charge in [0, 0.05) is 6.04 Å². The van der Waals surface area contributed by atoms with Crippen molar-refractivity contribution in [1.82, 2.24) is 5.32 Å². The Balaban J connectivity index is 2.27. The molecule has 0 bridgehead atoms. The molecule has 1 aromatic carbocycles. The molecule has 0 spiro atoms. The molecule has 0 radical (unpaired) electrons. The van der Waals surface area contributed by atoms with Gasteiger partial charge in [0.1, 0.15) is 12.4 Å². The Morgan fingerprint density at radius 3 is 2.53 bits per heavy atom. The fourth-order valence-corrected chi connectivity index (χ4v) is 1.38. The van der Waals surface area contributed by atoms with Gasteiger partial charge in [-0.2, -0.15) is 0 Å². The number of benzene rings is 1. The van der Waals surface area contributed by atoms with Crippen LogP contribution >= 0.6 is 0 Å². The van der Waals surface area contributed by atoms with Crippen molar-refractivity contribution in [3.8, 4) is 0 Å². The Hall–Kier alpha value is -2.15. The summed E-state index contributed by atoms with van der Waals surface area (Å²) in [6, 6.07) is 5.49. The van der Waals surface area contributed by atoms with Gasteiger partial charge >= 0.3 is 6.09 Å². The molecule has 0 saturated heterocycles. The fraction of sp³-hybridized carbons (Fsp3) is 0.333. The van der Waals surface area contributed by atoms with Crippen molar-refractivity contribution in [2.75, 3.05) is 13.2 Å². The van der Waals surface area contributed by atoms with Crippen LogP contribution in [0.25, 0.3) is 0 Å². The molecule has 0 aliphatic carbocycles. The average molecular weight is 269 g/mol. The highest BCUT2D eigenvalue weighted by Crippen LogP contribution is 2.05. The molecule has 0 aliphatic rings. The number of primary amides is 1. The van der Waals surface area contributed by atoms with Crippen molar-refractivity contribution in [3.05, 3.63) is 35.6 Å². The Bertz CT molecular complexity index is 436. The number of halogens is 1.